The second-order valence-electron chi connectivity index (χ2n) is 7.77. The molecule has 0 aliphatic heterocycles. The van der Waals surface area contributed by atoms with E-state index in [-0.39, 0.29) is 18.6 Å². The Morgan fingerprint density at radius 1 is 1.03 bits per heavy atom. The number of aromatic nitrogens is 2. The summed E-state index contributed by atoms with van der Waals surface area (Å²) in [5, 5.41) is 2.00. The lowest BCUT2D eigenvalue weighted by Gasteiger charge is -2.12. The van der Waals surface area contributed by atoms with Crippen LogP contribution in [-0.2, 0) is 28.9 Å². The number of H-pyrrole nitrogens is 1. The van der Waals surface area contributed by atoms with E-state index in [1.807, 2.05) is 6.07 Å². The Morgan fingerprint density at radius 2 is 1.81 bits per heavy atom. The van der Waals surface area contributed by atoms with Crippen LogP contribution in [0.15, 0.2) is 54.7 Å². The first-order valence-electron chi connectivity index (χ1n) is 10.4. The van der Waals surface area contributed by atoms with Crippen molar-refractivity contribution in [3.8, 4) is 5.88 Å². The summed E-state index contributed by atoms with van der Waals surface area (Å²) in [4.78, 5) is 19.8. The zero-order valence-corrected chi connectivity index (χ0v) is 18.0. The molecule has 2 aromatic heterocycles. The van der Waals surface area contributed by atoms with Gasteiger partial charge in [-0.05, 0) is 49.9 Å². The van der Waals surface area contributed by atoms with Gasteiger partial charge in [0.1, 0.15) is 0 Å². The van der Waals surface area contributed by atoms with Crippen LogP contribution in [0.3, 0.4) is 0 Å². The predicted octanol–water partition coefficient (Wildman–Crippen LogP) is 5.57. The highest BCUT2D eigenvalue weighted by Crippen LogP contribution is 2.34. The Balaban J connectivity index is 1.72. The Kier molecular flexibility index (Phi) is 6.18. The van der Waals surface area contributed by atoms with Crippen LogP contribution in [0.5, 0.6) is 5.88 Å². The summed E-state index contributed by atoms with van der Waals surface area (Å²) in [6, 6.07) is 16.9. The van der Waals surface area contributed by atoms with Gasteiger partial charge in [-0.3, -0.25) is 0 Å². The largest absolute Gasteiger partial charge is 0.515 e. The minimum Gasteiger partial charge on any atom is -0.431 e. The molecule has 160 valence electrons. The molecule has 0 unspecified atom stereocenters. The molecule has 6 nitrogen and oxygen atoms in total. The molecule has 0 spiro atoms. The van der Waals surface area contributed by atoms with Crippen molar-refractivity contribution in [2.24, 2.45) is 0 Å². The number of hydrogen-bond acceptors (Lipinski definition) is 5. The Hall–Kier alpha value is -3.38. The van der Waals surface area contributed by atoms with Crippen LogP contribution in [0.1, 0.15) is 30.5 Å². The van der Waals surface area contributed by atoms with Crippen LogP contribution in [0.25, 0.3) is 21.8 Å². The van der Waals surface area contributed by atoms with E-state index in [1.165, 1.54) is 11.1 Å². The molecular formula is C25H26N2O4. The number of carbonyl (C=O) groups excluding carboxylic acids is 1. The van der Waals surface area contributed by atoms with Crippen molar-refractivity contribution in [1.29, 1.82) is 0 Å². The molecule has 0 radical (unpaired) electrons. The zero-order chi connectivity index (χ0) is 21.8. The average Bonchev–Trinajstić information content (AvgIpc) is 3.12. The molecule has 0 fully saturated rings. The third-order valence-electron chi connectivity index (χ3n) is 5.11. The number of methoxy groups -OCH3 is 1. The van der Waals surface area contributed by atoms with Crippen molar-refractivity contribution in [2.45, 2.75) is 39.4 Å². The Bertz CT molecular complexity index is 1200. The van der Waals surface area contributed by atoms with Gasteiger partial charge >= 0.3 is 6.16 Å². The molecule has 0 saturated carbocycles. The average molecular weight is 418 g/mol. The summed E-state index contributed by atoms with van der Waals surface area (Å²) >= 11 is 0. The highest BCUT2D eigenvalue weighted by molar-refractivity contribution is 6.09. The number of fused-ring (bicyclic) bond motifs is 3. The fourth-order valence-corrected chi connectivity index (χ4v) is 3.74. The number of aryl methyl sites for hydroxylation is 2. The van der Waals surface area contributed by atoms with E-state index in [1.54, 1.807) is 27.2 Å². The van der Waals surface area contributed by atoms with Crippen LogP contribution >= 0.6 is 0 Å². The number of nitrogens with one attached hydrogen (secondary N) is 1. The van der Waals surface area contributed by atoms with Gasteiger partial charge < -0.3 is 19.2 Å². The smallest absolute Gasteiger partial charge is 0.431 e. The number of aromatic amines is 1. The van der Waals surface area contributed by atoms with Crippen LogP contribution in [-0.4, -0.2) is 29.3 Å². The van der Waals surface area contributed by atoms with Gasteiger partial charge in [-0.2, -0.15) is 0 Å². The van der Waals surface area contributed by atoms with E-state index in [9.17, 15) is 4.79 Å². The van der Waals surface area contributed by atoms with Crippen LogP contribution in [0, 0.1) is 0 Å². The summed E-state index contributed by atoms with van der Waals surface area (Å²) in [7, 11) is 1.61. The first-order chi connectivity index (χ1) is 15.0. The summed E-state index contributed by atoms with van der Waals surface area (Å²) in [5.41, 5.74) is 5.13. The van der Waals surface area contributed by atoms with Crippen molar-refractivity contribution >= 4 is 28.0 Å². The van der Waals surface area contributed by atoms with Gasteiger partial charge in [0.15, 0.2) is 0 Å². The molecule has 0 atom stereocenters. The molecule has 0 bridgehead atoms. The predicted molar refractivity (Wildman–Crippen MR) is 120 cm³/mol. The SMILES string of the molecule is COCc1c(OC(=O)OC(C)C)ncc2[nH]c3ccc(CCc4ccccc4)cc3c12. The van der Waals surface area contributed by atoms with Crippen molar-refractivity contribution in [3.05, 3.63) is 71.4 Å². The molecule has 31 heavy (non-hydrogen) atoms. The van der Waals surface area contributed by atoms with Gasteiger partial charge in [-0.15, -0.1) is 0 Å². The third kappa shape index (κ3) is 4.70. The van der Waals surface area contributed by atoms with Crippen molar-refractivity contribution in [1.82, 2.24) is 9.97 Å². The molecule has 2 heterocycles. The maximum Gasteiger partial charge on any atom is 0.515 e. The standard InChI is InChI=1S/C25H26N2O4/c1-16(2)30-25(28)31-24-20(15-29-3)23-19-13-18(10-9-17-7-5-4-6-8-17)11-12-21(19)27-22(23)14-26-24/h4-8,11-14,16,27H,9-10,15H2,1-3H3. The molecule has 0 saturated heterocycles. The van der Waals surface area contributed by atoms with Gasteiger partial charge in [-0.25, -0.2) is 9.78 Å². The molecule has 0 aliphatic rings. The van der Waals surface area contributed by atoms with Crippen molar-refractivity contribution < 1.29 is 19.0 Å². The summed E-state index contributed by atoms with van der Waals surface area (Å²) in [6.45, 7) is 3.80. The maximum absolute atomic E-state index is 12.1. The molecule has 0 amide bonds. The number of pyridine rings is 1. The Morgan fingerprint density at radius 3 is 2.55 bits per heavy atom. The summed E-state index contributed by atoms with van der Waals surface area (Å²) in [6.07, 6.45) is 2.53. The van der Waals surface area contributed by atoms with Crippen molar-refractivity contribution in [3.63, 3.8) is 0 Å². The minimum absolute atomic E-state index is 0.204. The normalized spacial score (nSPS) is 11.4. The van der Waals surface area contributed by atoms with Crippen LogP contribution in [0.4, 0.5) is 4.79 Å². The van der Waals surface area contributed by atoms with Gasteiger partial charge in [0.05, 0.1) is 30.0 Å². The van der Waals surface area contributed by atoms with Crippen LogP contribution < -0.4 is 4.74 Å². The lowest BCUT2D eigenvalue weighted by Crippen LogP contribution is -2.17. The Labute approximate surface area is 181 Å². The van der Waals surface area contributed by atoms with E-state index in [0.29, 0.717) is 5.56 Å². The lowest BCUT2D eigenvalue weighted by molar-refractivity contribution is 0.0705. The number of rotatable bonds is 7. The number of nitrogens with zero attached hydrogens (tertiary/aromatic N) is 1. The number of carbonyl (C=O) groups is 1. The van der Waals surface area contributed by atoms with E-state index in [0.717, 1.165) is 34.6 Å². The second-order valence-corrected chi connectivity index (χ2v) is 7.77. The summed E-state index contributed by atoms with van der Waals surface area (Å²) in [5.74, 6) is 0.204. The zero-order valence-electron chi connectivity index (χ0n) is 18.0. The fourth-order valence-electron chi connectivity index (χ4n) is 3.74. The fraction of sp³-hybridized carbons (Fsp3) is 0.280. The van der Waals surface area contributed by atoms with E-state index in [2.05, 4.69) is 52.4 Å². The van der Waals surface area contributed by atoms with Gasteiger partial charge in [0, 0.05) is 23.4 Å². The third-order valence-corrected chi connectivity index (χ3v) is 5.11. The molecular weight excluding hydrogens is 392 g/mol. The second kappa shape index (κ2) is 9.18. The molecule has 4 aromatic rings. The van der Waals surface area contributed by atoms with E-state index in [4.69, 9.17) is 14.2 Å². The number of benzene rings is 2. The maximum atomic E-state index is 12.1. The first-order valence-corrected chi connectivity index (χ1v) is 10.4. The van der Waals surface area contributed by atoms with Crippen LogP contribution in [0.2, 0.25) is 0 Å². The molecule has 1 N–H and O–H groups in total. The van der Waals surface area contributed by atoms with Gasteiger partial charge in [0.25, 0.3) is 0 Å². The first kappa shape index (κ1) is 20.9. The van der Waals surface area contributed by atoms with Crippen molar-refractivity contribution in [2.75, 3.05) is 7.11 Å². The van der Waals surface area contributed by atoms with Gasteiger partial charge in [0.2, 0.25) is 5.88 Å². The quantitative estimate of drug-likeness (QED) is 0.397. The number of hydrogen-bond donors (Lipinski definition) is 1. The number of ether oxygens (including phenoxy) is 3. The molecule has 4 rings (SSSR count). The monoisotopic (exact) mass is 418 g/mol. The van der Waals surface area contributed by atoms with Gasteiger partial charge in [-0.1, -0.05) is 36.4 Å². The molecule has 2 aromatic carbocycles. The molecule has 0 aliphatic carbocycles. The minimum atomic E-state index is -0.775. The lowest BCUT2D eigenvalue weighted by atomic mass is 10.0. The highest BCUT2D eigenvalue weighted by atomic mass is 16.7. The van der Waals surface area contributed by atoms with E-state index < -0.39 is 6.16 Å². The highest BCUT2D eigenvalue weighted by Gasteiger charge is 2.19. The summed E-state index contributed by atoms with van der Waals surface area (Å²) < 4.78 is 15.9. The topological polar surface area (TPSA) is 73.4 Å². The molecule has 6 heteroatoms. The van der Waals surface area contributed by atoms with E-state index >= 15 is 0 Å².